The Morgan fingerprint density at radius 2 is 1.52 bits per heavy atom. The maximum atomic E-state index is 5.73. The summed E-state index contributed by atoms with van der Waals surface area (Å²) in [6.45, 7) is 13.6. The van der Waals surface area contributed by atoms with Crippen molar-refractivity contribution in [2.45, 2.75) is 33.7 Å². The molecule has 0 spiro atoms. The molecule has 4 heteroatoms. The third-order valence-corrected chi connectivity index (χ3v) is 3.05. The molecule has 0 heterocycles. The van der Waals surface area contributed by atoms with Gasteiger partial charge in [-0.15, -0.1) is 0 Å². The van der Waals surface area contributed by atoms with Crippen LogP contribution in [0, 0.1) is 0 Å². The van der Waals surface area contributed by atoms with Crippen LogP contribution in [-0.2, 0) is 0 Å². The molecular formula is C17H27NO3. The number of nitrogens with one attached hydrogen (secondary N) is 1. The van der Waals surface area contributed by atoms with Crippen LogP contribution in [0.25, 0.3) is 0 Å². The summed E-state index contributed by atoms with van der Waals surface area (Å²) in [6, 6.07) is 4.04. The molecule has 0 radical (unpaired) electrons. The Bertz CT molecular complexity index is 444. The van der Waals surface area contributed by atoms with Gasteiger partial charge in [-0.1, -0.05) is 12.2 Å². The van der Waals surface area contributed by atoms with Crippen molar-refractivity contribution in [2.24, 2.45) is 0 Å². The van der Waals surface area contributed by atoms with E-state index in [0.29, 0.717) is 37.1 Å². The zero-order chi connectivity index (χ0) is 15.8. The van der Waals surface area contributed by atoms with Crippen LogP contribution in [0.2, 0.25) is 0 Å². The molecule has 21 heavy (non-hydrogen) atoms. The maximum absolute atomic E-state index is 5.73. The van der Waals surface area contributed by atoms with Crippen LogP contribution in [0.5, 0.6) is 17.2 Å². The lowest BCUT2D eigenvalue weighted by atomic mass is 10.00. The number of benzene rings is 1. The highest BCUT2D eigenvalue weighted by Crippen LogP contribution is 2.41. The molecule has 0 bridgehead atoms. The minimum atomic E-state index is 0.0547. The van der Waals surface area contributed by atoms with Crippen molar-refractivity contribution in [3.63, 3.8) is 0 Å². The normalized spacial score (nSPS) is 11.9. The Labute approximate surface area is 128 Å². The van der Waals surface area contributed by atoms with Gasteiger partial charge in [0.05, 0.1) is 25.9 Å². The van der Waals surface area contributed by atoms with Crippen LogP contribution in [0.4, 0.5) is 0 Å². The molecule has 1 aromatic carbocycles. The SMILES string of the molecule is C=C(C)C(NC)c1cc(OCC)c(OCC)c(OCC)c1. The van der Waals surface area contributed by atoms with E-state index in [2.05, 4.69) is 11.9 Å². The van der Waals surface area contributed by atoms with Crippen molar-refractivity contribution >= 4 is 0 Å². The van der Waals surface area contributed by atoms with Crippen molar-refractivity contribution < 1.29 is 14.2 Å². The molecule has 4 nitrogen and oxygen atoms in total. The van der Waals surface area contributed by atoms with E-state index in [-0.39, 0.29) is 6.04 Å². The van der Waals surface area contributed by atoms with Crippen LogP contribution in [-0.4, -0.2) is 26.9 Å². The minimum Gasteiger partial charge on any atom is -0.490 e. The molecule has 1 rings (SSSR count). The lowest BCUT2D eigenvalue weighted by molar-refractivity contribution is 0.260. The third-order valence-electron chi connectivity index (χ3n) is 3.05. The van der Waals surface area contributed by atoms with Gasteiger partial charge < -0.3 is 19.5 Å². The fourth-order valence-corrected chi connectivity index (χ4v) is 2.27. The number of ether oxygens (including phenoxy) is 3. The van der Waals surface area contributed by atoms with Crippen LogP contribution in [0.3, 0.4) is 0 Å². The standard InChI is InChI=1S/C17H27NO3/c1-7-19-14-10-13(16(18-6)12(4)5)11-15(20-8-2)17(14)21-9-3/h10-11,16,18H,4,7-9H2,1-3,5-6H3. The average Bonchev–Trinajstić information content (AvgIpc) is 2.43. The zero-order valence-corrected chi connectivity index (χ0v) is 13.8. The van der Waals surface area contributed by atoms with Gasteiger partial charge in [-0.25, -0.2) is 0 Å². The molecule has 0 aliphatic rings. The van der Waals surface area contributed by atoms with E-state index in [1.54, 1.807) is 0 Å². The number of hydrogen-bond donors (Lipinski definition) is 1. The first-order valence-corrected chi connectivity index (χ1v) is 7.47. The lowest BCUT2D eigenvalue weighted by Crippen LogP contribution is -2.17. The first-order valence-electron chi connectivity index (χ1n) is 7.47. The molecule has 0 fully saturated rings. The van der Waals surface area contributed by atoms with Gasteiger partial charge in [0.2, 0.25) is 5.75 Å². The second-order valence-electron chi connectivity index (χ2n) is 4.71. The highest BCUT2D eigenvalue weighted by Gasteiger charge is 2.19. The van der Waals surface area contributed by atoms with E-state index < -0.39 is 0 Å². The summed E-state index contributed by atoms with van der Waals surface area (Å²) in [4.78, 5) is 0. The monoisotopic (exact) mass is 293 g/mol. The van der Waals surface area contributed by atoms with Gasteiger partial charge in [-0.05, 0) is 52.4 Å². The summed E-state index contributed by atoms with van der Waals surface area (Å²) in [6.07, 6.45) is 0. The van der Waals surface area contributed by atoms with E-state index in [0.717, 1.165) is 11.1 Å². The quantitative estimate of drug-likeness (QED) is 0.704. The second-order valence-corrected chi connectivity index (χ2v) is 4.71. The van der Waals surface area contributed by atoms with Crippen molar-refractivity contribution in [3.8, 4) is 17.2 Å². The van der Waals surface area contributed by atoms with E-state index in [4.69, 9.17) is 14.2 Å². The van der Waals surface area contributed by atoms with Gasteiger partial charge in [0.1, 0.15) is 0 Å². The molecule has 118 valence electrons. The summed E-state index contributed by atoms with van der Waals surface area (Å²) in [5.74, 6) is 2.09. The Kier molecular flexibility index (Phi) is 7.09. The molecular weight excluding hydrogens is 266 g/mol. The maximum Gasteiger partial charge on any atom is 0.203 e. The Morgan fingerprint density at radius 3 is 1.86 bits per heavy atom. The molecule has 0 aliphatic heterocycles. The average molecular weight is 293 g/mol. The van der Waals surface area contributed by atoms with Crippen LogP contribution < -0.4 is 19.5 Å². The molecule has 0 amide bonds. The van der Waals surface area contributed by atoms with Gasteiger partial charge >= 0.3 is 0 Å². The van der Waals surface area contributed by atoms with E-state index in [9.17, 15) is 0 Å². The summed E-state index contributed by atoms with van der Waals surface area (Å²) in [5, 5.41) is 3.26. The molecule has 0 saturated carbocycles. The van der Waals surface area contributed by atoms with E-state index in [1.807, 2.05) is 46.9 Å². The van der Waals surface area contributed by atoms with Crippen molar-refractivity contribution in [3.05, 3.63) is 29.8 Å². The Balaban J connectivity index is 3.36. The van der Waals surface area contributed by atoms with E-state index >= 15 is 0 Å². The Hall–Kier alpha value is -1.68. The van der Waals surface area contributed by atoms with Crippen molar-refractivity contribution in [1.82, 2.24) is 5.32 Å². The summed E-state index contributed by atoms with van der Waals surface area (Å²) < 4.78 is 17.2. The first kappa shape index (κ1) is 17.4. The summed E-state index contributed by atoms with van der Waals surface area (Å²) in [5.41, 5.74) is 2.09. The molecule has 1 unspecified atom stereocenters. The molecule has 0 aliphatic carbocycles. The molecule has 0 saturated heterocycles. The summed E-state index contributed by atoms with van der Waals surface area (Å²) in [7, 11) is 1.91. The minimum absolute atomic E-state index is 0.0547. The van der Waals surface area contributed by atoms with Crippen LogP contribution in [0.1, 0.15) is 39.3 Å². The van der Waals surface area contributed by atoms with Gasteiger partial charge in [0.15, 0.2) is 11.5 Å². The number of rotatable bonds is 9. The molecule has 1 aromatic rings. The predicted molar refractivity (Wildman–Crippen MR) is 86.6 cm³/mol. The third kappa shape index (κ3) is 4.39. The number of likely N-dealkylation sites (N-methyl/N-ethyl adjacent to an activating group) is 1. The van der Waals surface area contributed by atoms with Gasteiger partial charge in [0.25, 0.3) is 0 Å². The highest BCUT2D eigenvalue weighted by atomic mass is 16.5. The largest absolute Gasteiger partial charge is 0.490 e. The van der Waals surface area contributed by atoms with Gasteiger partial charge in [0, 0.05) is 0 Å². The highest BCUT2D eigenvalue weighted by molar-refractivity contribution is 5.55. The number of hydrogen-bond acceptors (Lipinski definition) is 4. The Morgan fingerprint density at radius 1 is 1.05 bits per heavy atom. The van der Waals surface area contributed by atoms with Crippen LogP contribution >= 0.6 is 0 Å². The summed E-state index contributed by atoms with van der Waals surface area (Å²) >= 11 is 0. The predicted octanol–water partition coefficient (Wildman–Crippen LogP) is 3.72. The first-order chi connectivity index (χ1) is 10.1. The molecule has 0 aromatic heterocycles. The van der Waals surface area contributed by atoms with Gasteiger partial charge in [-0.3, -0.25) is 0 Å². The molecule has 1 N–H and O–H groups in total. The smallest absolute Gasteiger partial charge is 0.203 e. The molecule has 1 atom stereocenters. The lowest BCUT2D eigenvalue weighted by Gasteiger charge is -2.21. The van der Waals surface area contributed by atoms with Crippen molar-refractivity contribution in [2.75, 3.05) is 26.9 Å². The van der Waals surface area contributed by atoms with Gasteiger partial charge in [-0.2, -0.15) is 0 Å². The zero-order valence-electron chi connectivity index (χ0n) is 13.8. The fourth-order valence-electron chi connectivity index (χ4n) is 2.27. The van der Waals surface area contributed by atoms with Crippen molar-refractivity contribution in [1.29, 1.82) is 0 Å². The fraction of sp³-hybridized carbons (Fsp3) is 0.529. The van der Waals surface area contributed by atoms with E-state index in [1.165, 1.54) is 0 Å². The topological polar surface area (TPSA) is 39.7 Å². The van der Waals surface area contributed by atoms with Crippen LogP contribution in [0.15, 0.2) is 24.3 Å². The second kappa shape index (κ2) is 8.57.